The van der Waals surface area contributed by atoms with Gasteiger partial charge < -0.3 is 0 Å². The van der Waals surface area contributed by atoms with Crippen molar-refractivity contribution >= 4 is 101 Å². The van der Waals surface area contributed by atoms with Crippen molar-refractivity contribution in [2.45, 2.75) is 0 Å². The molecule has 0 aliphatic carbocycles. The van der Waals surface area contributed by atoms with Crippen LogP contribution >= 0.6 is 101 Å². The molecule has 0 saturated carbocycles. The van der Waals surface area contributed by atoms with Crippen molar-refractivity contribution in [1.82, 2.24) is 0 Å². The van der Waals surface area contributed by atoms with Crippen molar-refractivity contribution in [1.29, 1.82) is 0 Å². The zero-order chi connectivity index (χ0) is 2.00. The van der Waals surface area contributed by atoms with E-state index >= 15 is 0 Å². The lowest BCUT2D eigenvalue weighted by molar-refractivity contribution is 2.53. The molecule has 7 heavy (non-hydrogen) atoms. The van der Waals surface area contributed by atoms with E-state index in [1.807, 2.05) is 6.66 Å². The molecule has 0 spiro atoms. The highest BCUT2D eigenvalue weighted by molar-refractivity contribution is 14.0. The summed E-state index contributed by atoms with van der Waals surface area (Å²) in [5.41, 5.74) is 0. The van der Waals surface area contributed by atoms with Gasteiger partial charge in [-0.1, -0.05) is 6.66 Å². The van der Waals surface area contributed by atoms with Crippen LogP contribution in [0.3, 0.4) is 0 Å². The minimum atomic E-state index is 0. The molecule has 0 N–H and O–H groups in total. The quantitative estimate of drug-likeness (QED) is 0.355. The molecular formula is CH14I3P3. The molecule has 6 heteroatoms. The van der Waals surface area contributed by atoms with Gasteiger partial charge in [-0.15, -0.1) is 81.2 Å². The van der Waals surface area contributed by atoms with Gasteiger partial charge in [0.25, 0.3) is 0 Å². The molecule has 3 unspecified atom stereocenters. The predicted molar refractivity (Wildman–Crippen MR) is 84.1 cm³/mol. The van der Waals surface area contributed by atoms with E-state index in [1.165, 1.54) is 0 Å². The first kappa shape index (κ1) is 46.9. The molecular weight excluding hydrogens is 486 g/mol. The van der Waals surface area contributed by atoms with Crippen LogP contribution in [-0.4, -0.2) is 6.66 Å². The highest BCUT2D eigenvalue weighted by Gasteiger charge is 0.906. The van der Waals surface area contributed by atoms with E-state index in [1.54, 1.807) is 0 Å². The predicted octanol–water partition coefficient (Wildman–Crippen LogP) is 2.46. The summed E-state index contributed by atoms with van der Waals surface area (Å²) in [5.74, 6) is 0. The maximum absolute atomic E-state index is 2.42. The lowest BCUT2D eigenvalue weighted by Gasteiger charge is -1.10. The zero-order valence-corrected chi connectivity index (χ0v) is 15.2. The van der Waals surface area contributed by atoms with E-state index in [0.29, 0.717) is 0 Å². The second-order valence-corrected chi connectivity index (χ2v) is 0. The SMILES string of the molecule is CP.I.I.I.P.P. The summed E-state index contributed by atoms with van der Waals surface area (Å²) in [6, 6.07) is 0. The standard InChI is InChI=1S/CH5P.3HI.2H3P/c1-2;;;;;/h2H2,1H3;3*1H;2*1H3. The van der Waals surface area contributed by atoms with Gasteiger partial charge in [0, 0.05) is 0 Å². The second kappa shape index (κ2) is 56.3. The van der Waals surface area contributed by atoms with Crippen LogP contribution < -0.4 is 0 Å². The van der Waals surface area contributed by atoms with Gasteiger partial charge in [-0.05, 0) is 0 Å². The van der Waals surface area contributed by atoms with E-state index in [-0.39, 0.29) is 91.7 Å². The Morgan fingerprint density at radius 3 is 0.714 bits per heavy atom. The summed E-state index contributed by atoms with van der Waals surface area (Å²) in [6.07, 6.45) is 0. The van der Waals surface area contributed by atoms with E-state index in [9.17, 15) is 0 Å². The van der Waals surface area contributed by atoms with Gasteiger partial charge in [0.15, 0.2) is 0 Å². The highest BCUT2D eigenvalue weighted by Crippen LogP contribution is 1.46. The number of rotatable bonds is 0. The second-order valence-electron chi connectivity index (χ2n) is 0. The molecule has 0 radical (unpaired) electrons. The molecule has 0 saturated heterocycles. The minimum Gasteiger partial charge on any atom is -0.153 e. The lowest BCUT2D eigenvalue weighted by Crippen LogP contribution is -0.804. The van der Waals surface area contributed by atoms with E-state index in [4.69, 9.17) is 0 Å². The Morgan fingerprint density at radius 1 is 0.714 bits per heavy atom. The lowest BCUT2D eigenvalue weighted by atomic mass is 12.0. The molecule has 0 nitrogen and oxygen atoms in total. The minimum absolute atomic E-state index is 0. The average molecular weight is 500 g/mol. The highest BCUT2D eigenvalue weighted by atomic mass is 127. The van der Waals surface area contributed by atoms with Crippen molar-refractivity contribution in [2.24, 2.45) is 0 Å². The molecule has 0 aromatic carbocycles. The summed E-state index contributed by atoms with van der Waals surface area (Å²) in [5, 5.41) is 0. The van der Waals surface area contributed by atoms with Gasteiger partial charge in [0.05, 0.1) is 0 Å². The number of hydrogen-bond donors (Lipinski definition) is 0. The van der Waals surface area contributed by atoms with Crippen molar-refractivity contribution in [3.63, 3.8) is 0 Å². The Morgan fingerprint density at radius 2 is 0.714 bits per heavy atom. The van der Waals surface area contributed by atoms with Gasteiger partial charge in [0.2, 0.25) is 0 Å². The molecule has 0 aromatic rings. The molecule has 3 atom stereocenters. The third-order valence-corrected chi connectivity index (χ3v) is 0. The summed E-state index contributed by atoms with van der Waals surface area (Å²) in [6.45, 7) is 1.92. The van der Waals surface area contributed by atoms with Crippen LogP contribution in [0.2, 0.25) is 0 Å². The summed E-state index contributed by atoms with van der Waals surface area (Å²) in [4.78, 5) is 0. The smallest absolute Gasteiger partial charge is 0.0500 e. The largest absolute Gasteiger partial charge is 0.153 e. The normalized spacial score (nSPS) is 0.857. The molecule has 0 aromatic heterocycles. The first-order valence-corrected chi connectivity index (χ1v) is 1.73. The van der Waals surface area contributed by atoms with Gasteiger partial charge in [-0.25, -0.2) is 0 Å². The van der Waals surface area contributed by atoms with Crippen LogP contribution in [0.5, 0.6) is 0 Å². The van der Waals surface area contributed by atoms with Crippen LogP contribution in [0.25, 0.3) is 0 Å². The third-order valence-electron chi connectivity index (χ3n) is 0. The number of hydrogen-bond acceptors (Lipinski definition) is 0. The summed E-state index contributed by atoms with van der Waals surface area (Å²) >= 11 is 0. The van der Waals surface area contributed by atoms with Crippen LogP contribution in [0.15, 0.2) is 0 Å². The molecule has 0 heterocycles. The van der Waals surface area contributed by atoms with E-state index in [0.717, 1.165) is 0 Å². The van der Waals surface area contributed by atoms with Crippen LogP contribution in [0.4, 0.5) is 0 Å². The van der Waals surface area contributed by atoms with Crippen molar-refractivity contribution in [3.05, 3.63) is 0 Å². The fourth-order valence-corrected chi connectivity index (χ4v) is 0. The maximum Gasteiger partial charge on any atom is -0.0500 e. The Bertz CT molecular complexity index is 10.1. The average Bonchev–Trinajstić information content (AvgIpc) is 1.00. The number of halogens is 3. The zero-order valence-electron chi connectivity index (χ0n) is 4.22. The molecule has 0 amide bonds. The topological polar surface area (TPSA) is 0 Å². The molecule has 0 aliphatic heterocycles. The third kappa shape index (κ3) is 43.8. The Labute approximate surface area is 106 Å². The molecule has 0 fully saturated rings. The Kier molecular flexibility index (Phi) is 377. The van der Waals surface area contributed by atoms with Gasteiger partial charge in [-0.2, -0.15) is 19.8 Å². The van der Waals surface area contributed by atoms with E-state index in [2.05, 4.69) is 9.24 Å². The summed E-state index contributed by atoms with van der Waals surface area (Å²) in [7, 11) is 2.42. The van der Waals surface area contributed by atoms with Crippen LogP contribution in [-0.2, 0) is 0 Å². The molecule has 0 aliphatic rings. The maximum atomic E-state index is 2.42. The Hall–Kier alpha value is 3.48. The van der Waals surface area contributed by atoms with Crippen molar-refractivity contribution in [3.8, 4) is 0 Å². The van der Waals surface area contributed by atoms with Crippen LogP contribution in [0, 0.1) is 0 Å². The monoisotopic (exact) mass is 500 g/mol. The van der Waals surface area contributed by atoms with Gasteiger partial charge in [-0.3, -0.25) is 0 Å². The fraction of sp³-hybridized carbons (Fsp3) is 1.00. The first-order chi connectivity index (χ1) is 1.00. The fourth-order valence-electron chi connectivity index (χ4n) is 0. The van der Waals surface area contributed by atoms with E-state index < -0.39 is 0 Å². The van der Waals surface area contributed by atoms with Crippen molar-refractivity contribution < 1.29 is 0 Å². The van der Waals surface area contributed by atoms with Gasteiger partial charge >= 0.3 is 0 Å². The molecule has 0 rings (SSSR count). The van der Waals surface area contributed by atoms with Crippen molar-refractivity contribution in [2.75, 3.05) is 6.66 Å². The molecule has 0 bridgehead atoms. The molecule has 54 valence electrons. The Balaban J connectivity index is -0.000000000500. The van der Waals surface area contributed by atoms with Crippen LogP contribution in [0.1, 0.15) is 0 Å². The van der Waals surface area contributed by atoms with Gasteiger partial charge in [0.1, 0.15) is 0 Å². The summed E-state index contributed by atoms with van der Waals surface area (Å²) < 4.78 is 0. The first-order valence-electron chi connectivity index (χ1n) is 0.577.